The highest BCUT2D eigenvalue weighted by Crippen LogP contribution is 2.28. The number of hydrogen-bond donors (Lipinski definition) is 1. The minimum Gasteiger partial charge on any atom is -0.444 e. The zero-order valence-electron chi connectivity index (χ0n) is 10.5. The van der Waals surface area contributed by atoms with Crippen LogP contribution in [0.5, 0.6) is 0 Å². The zero-order chi connectivity index (χ0) is 14.8. The smallest absolute Gasteiger partial charge is 0.412 e. The van der Waals surface area contributed by atoms with Gasteiger partial charge in [0.1, 0.15) is 10.5 Å². The van der Waals surface area contributed by atoms with Crippen molar-refractivity contribution in [3.8, 4) is 0 Å². The van der Waals surface area contributed by atoms with Gasteiger partial charge < -0.3 is 4.74 Å². The molecule has 1 aromatic rings. The van der Waals surface area contributed by atoms with E-state index in [9.17, 15) is 13.2 Å². The van der Waals surface area contributed by atoms with Crippen LogP contribution in [0.3, 0.4) is 0 Å². The molecule has 0 aliphatic heterocycles. The molecule has 1 rings (SSSR count). The Hall–Kier alpha value is -0.980. The molecule has 0 bridgehead atoms. The molecule has 0 fully saturated rings. The molecular formula is C11H13Cl2NO4S. The molecule has 0 spiro atoms. The Balaban J connectivity index is 3.06. The Bertz CT molecular complexity index is 593. The summed E-state index contributed by atoms with van der Waals surface area (Å²) in [6, 6.07) is 3.91. The average Bonchev–Trinajstić information content (AvgIpc) is 2.16. The molecule has 0 heterocycles. The Morgan fingerprint density at radius 1 is 1.32 bits per heavy atom. The number of amides is 1. The maximum atomic E-state index is 11.6. The molecule has 1 aromatic carbocycles. The number of hydrogen-bond acceptors (Lipinski definition) is 4. The summed E-state index contributed by atoms with van der Waals surface area (Å²) in [6.45, 7) is 5.06. The van der Waals surface area contributed by atoms with Gasteiger partial charge in [-0.05, 0) is 39.0 Å². The van der Waals surface area contributed by atoms with Gasteiger partial charge in [0.2, 0.25) is 0 Å². The first kappa shape index (κ1) is 16.1. The lowest BCUT2D eigenvalue weighted by Gasteiger charge is -2.20. The number of benzene rings is 1. The van der Waals surface area contributed by atoms with Crippen molar-refractivity contribution in [2.75, 3.05) is 5.32 Å². The van der Waals surface area contributed by atoms with Gasteiger partial charge in [0.25, 0.3) is 9.05 Å². The van der Waals surface area contributed by atoms with Gasteiger partial charge in [0, 0.05) is 15.7 Å². The molecule has 106 valence electrons. The van der Waals surface area contributed by atoms with E-state index >= 15 is 0 Å². The molecule has 0 aliphatic carbocycles. The van der Waals surface area contributed by atoms with Crippen LogP contribution >= 0.6 is 22.3 Å². The monoisotopic (exact) mass is 325 g/mol. The Morgan fingerprint density at radius 2 is 1.89 bits per heavy atom. The number of carbonyl (C=O) groups is 1. The summed E-state index contributed by atoms with van der Waals surface area (Å²) in [5.41, 5.74) is -0.690. The van der Waals surface area contributed by atoms with Gasteiger partial charge in [-0.15, -0.1) is 0 Å². The van der Waals surface area contributed by atoms with E-state index in [1.807, 2.05) is 0 Å². The van der Waals surface area contributed by atoms with Crippen LogP contribution in [0.1, 0.15) is 20.8 Å². The van der Waals surface area contributed by atoms with E-state index in [0.29, 0.717) is 0 Å². The molecule has 0 saturated heterocycles. The molecule has 8 heteroatoms. The Morgan fingerprint density at radius 3 is 2.37 bits per heavy atom. The van der Waals surface area contributed by atoms with Crippen LogP contribution in [0.15, 0.2) is 23.1 Å². The van der Waals surface area contributed by atoms with Gasteiger partial charge in [0.05, 0.1) is 5.69 Å². The topological polar surface area (TPSA) is 72.5 Å². The summed E-state index contributed by atoms with van der Waals surface area (Å²) in [7, 11) is 1.25. The fourth-order valence-electron chi connectivity index (χ4n) is 1.21. The van der Waals surface area contributed by atoms with Gasteiger partial charge in [-0.1, -0.05) is 11.6 Å². The lowest BCUT2D eigenvalue weighted by Crippen LogP contribution is -2.27. The normalized spacial score (nSPS) is 12.1. The van der Waals surface area contributed by atoms with Crippen LogP contribution in [0.4, 0.5) is 10.5 Å². The van der Waals surface area contributed by atoms with E-state index < -0.39 is 20.7 Å². The van der Waals surface area contributed by atoms with Crippen molar-refractivity contribution in [2.45, 2.75) is 31.3 Å². The quantitative estimate of drug-likeness (QED) is 0.843. The van der Waals surface area contributed by atoms with E-state index in [2.05, 4.69) is 5.32 Å². The number of carbonyl (C=O) groups excluding carboxylic acids is 1. The summed E-state index contributed by atoms with van der Waals surface area (Å²) in [5.74, 6) is 0. The highest BCUT2D eigenvalue weighted by atomic mass is 35.7. The third-order valence-electron chi connectivity index (χ3n) is 1.84. The standard InChI is InChI=1S/C11H13Cl2NO4S/c1-11(2,3)18-10(15)14-8-5-4-7(12)6-9(8)19(13,16)17/h4-6H,1-3H3,(H,14,15). The molecule has 0 atom stereocenters. The fraction of sp³-hybridized carbons (Fsp3) is 0.364. The van der Waals surface area contributed by atoms with Crippen LogP contribution < -0.4 is 5.32 Å². The minimum atomic E-state index is -4.03. The van der Waals surface area contributed by atoms with Crippen molar-refractivity contribution >= 4 is 43.1 Å². The van der Waals surface area contributed by atoms with Crippen LogP contribution in [0, 0.1) is 0 Å². The summed E-state index contributed by atoms with van der Waals surface area (Å²) >= 11 is 5.70. The second kappa shape index (κ2) is 5.56. The summed E-state index contributed by atoms with van der Waals surface area (Å²) in [6.07, 6.45) is -0.781. The average molecular weight is 326 g/mol. The molecule has 19 heavy (non-hydrogen) atoms. The molecule has 0 aromatic heterocycles. The second-order valence-corrected chi connectivity index (χ2v) is 7.68. The predicted octanol–water partition coefficient (Wildman–Crippen LogP) is 3.61. The SMILES string of the molecule is CC(C)(C)OC(=O)Nc1ccc(Cl)cc1S(=O)(=O)Cl. The van der Waals surface area contributed by atoms with Crippen LogP contribution in [-0.4, -0.2) is 20.1 Å². The van der Waals surface area contributed by atoms with E-state index in [1.54, 1.807) is 20.8 Å². The van der Waals surface area contributed by atoms with Crippen molar-refractivity contribution in [3.05, 3.63) is 23.2 Å². The number of anilines is 1. The largest absolute Gasteiger partial charge is 0.444 e. The highest BCUT2D eigenvalue weighted by Gasteiger charge is 2.21. The maximum absolute atomic E-state index is 11.6. The third-order valence-corrected chi connectivity index (χ3v) is 3.44. The summed E-state index contributed by atoms with van der Waals surface area (Å²) < 4.78 is 27.8. The number of nitrogens with one attached hydrogen (secondary N) is 1. The zero-order valence-corrected chi connectivity index (χ0v) is 12.9. The Labute approximate surface area is 121 Å². The van der Waals surface area contributed by atoms with Crippen molar-refractivity contribution in [3.63, 3.8) is 0 Å². The first-order valence-corrected chi connectivity index (χ1v) is 7.92. The molecule has 5 nitrogen and oxygen atoms in total. The summed E-state index contributed by atoms with van der Waals surface area (Å²) in [4.78, 5) is 11.3. The van der Waals surface area contributed by atoms with Gasteiger partial charge in [-0.2, -0.15) is 0 Å². The lowest BCUT2D eigenvalue weighted by molar-refractivity contribution is 0.0635. The van der Waals surface area contributed by atoms with Gasteiger partial charge in [-0.25, -0.2) is 13.2 Å². The molecule has 0 unspecified atom stereocenters. The summed E-state index contributed by atoms with van der Waals surface area (Å²) in [5, 5.41) is 2.51. The second-order valence-electron chi connectivity index (χ2n) is 4.71. The van der Waals surface area contributed by atoms with Crippen molar-refractivity contribution < 1.29 is 17.9 Å². The van der Waals surface area contributed by atoms with Crippen molar-refractivity contribution in [1.82, 2.24) is 0 Å². The van der Waals surface area contributed by atoms with Gasteiger partial charge in [-0.3, -0.25) is 5.32 Å². The molecule has 0 saturated carbocycles. The molecule has 1 amide bonds. The fourth-order valence-corrected chi connectivity index (χ4v) is 2.48. The van der Waals surface area contributed by atoms with Gasteiger partial charge >= 0.3 is 6.09 Å². The lowest BCUT2D eigenvalue weighted by atomic mass is 10.2. The number of ether oxygens (including phenoxy) is 1. The van der Waals surface area contributed by atoms with Gasteiger partial charge in [0.15, 0.2) is 0 Å². The number of halogens is 2. The molecule has 0 aliphatic rings. The molecular weight excluding hydrogens is 313 g/mol. The van der Waals surface area contributed by atoms with Crippen molar-refractivity contribution in [2.24, 2.45) is 0 Å². The predicted molar refractivity (Wildman–Crippen MR) is 74.3 cm³/mol. The number of rotatable bonds is 2. The van der Waals surface area contributed by atoms with Crippen LogP contribution in [-0.2, 0) is 13.8 Å². The third kappa shape index (κ3) is 5.26. The Kier molecular flexibility index (Phi) is 4.71. The minimum absolute atomic E-state index is 0.00801. The van der Waals surface area contributed by atoms with E-state index in [0.717, 1.165) is 6.07 Å². The first-order chi connectivity index (χ1) is 8.49. The molecule has 1 N–H and O–H groups in total. The molecule has 0 radical (unpaired) electrons. The maximum Gasteiger partial charge on any atom is 0.412 e. The van der Waals surface area contributed by atoms with Crippen LogP contribution in [0.2, 0.25) is 5.02 Å². The highest BCUT2D eigenvalue weighted by molar-refractivity contribution is 8.13. The van der Waals surface area contributed by atoms with E-state index in [-0.39, 0.29) is 15.6 Å². The first-order valence-electron chi connectivity index (χ1n) is 5.23. The van der Waals surface area contributed by atoms with E-state index in [4.69, 9.17) is 27.0 Å². The van der Waals surface area contributed by atoms with Crippen molar-refractivity contribution in [1.29, 1.82) is 0 Å². The van der Waals surface area contributed by atoms with Crippen LogP contribution in [0.25, 0.3) is 0 Å². The van der Waals surface area contributed by atoms with E-state index in [1.165, 1.54) is 12.1 Å².